The van der Waals surface area contributed by atoms with Crippen molar-refractivity contribution in [2.45, 2.75) is 0 Å². The Morgan fingerprint density at radius 3 is 2.65 bits per heavy atom. The Kier molecular flexibility index (Phi) is 4.58. The van der Waals surface area contributed by atoms with Crippen molar-refractivity contribution < 1.29 is 9.21 Å². The SMILES string of the molecule is O=C(Nc1nnc(-c2ccc(Cl)cc2Cl)o1)c1sc2ccccc2c1Cl. The third kappa shape index (κ3) is 3.17. The molecule has 0 atom stereocenters. The molecule has 0 aliphatic rings. The van der Waals surface area contributed by atoms with Gasteiger partial charge in [-0.25, -0.2) is 0 Å². The molecule has 0 fully saturated rings. The molecule has 0 bridgehead atoms. The van der Waals surface area contributed by atoms with Crippen LogP contribution in [0.25, 0.3) is 21.5 Å². The molecule has 9 heteroatoms. The summed E-state index contributed by atoms with van der Waals surface area (Å²) in [6, 6.07) is 12.3. The van der Waals surface area contributed by atoms with Crippen LogP contribution in [0.15, 0.2) is 46.9 Å². The smallest absolute Gasteiger partial charge is 0.322 e. The minimum absolute atomic E-state index is 0.0514. The van der Waals surface area contributed by atoms with Gasteiger partial charge in [-0.2, -0.15) is 0 Å². The molecule has 1 amide bonds. The fraction of sp³-hybridized carbons (Fsp3) is 0. The molecular formula is C17H8Cl3N3O2S. The second-order valence-corrected chi connectivity index (χ2v) is 7.51. The van der Waals surface area contributed by atoms with Crippen LogP contribution in [0.4, 0.5) is 6.01 Å². The molecule has 26 heavy (non-hydrogen) atoms. The average Bonchev–Trinajstić information content (AvgIpc) is 3.20. The molecule has 0 unspecified atom stereocenters. The topological polar surface area (TPSA) is 68.0 Å². The molecule has 0 saturated heterocycles. The number of carbonyl (C=O) groups excluding carboxylic acids is 1. The molecule has 5 nitrogen and oxygen atoms in total. The van der Waals surface area contributed by atoms with E-state index in [1.165, 1.54) is 11.3 Å². The number of halogens is 3. The van der Waals surface area contributed by atoms with Crippen LogP contribution < -0.4 is 5.32 Å². The fourth-order valence-corrected chi connectivity index (χ4v) is 4.26. The first kappa shape index (κ1) is 17.3. The van der Waals surface area contributed by atoms with Gasteiger partial charge in [0.15, 0.2) is 0 Å². The largest absolute Gasteiger partial charge is 0.403 e. The molecular weight excluding hydrogens is 417 g/mol. The van der Waals surface area contributed by atoms with Crippen LogP contribution in [0.2, 0.25) is 15.1 Å². The lowest BCUT2D eigenvalue weighted by molar-refractivity contribution is 0.102. The summed E-state index contributed by atoms with van der Waals surface area (Å²) in [4.78, 5) is 12.9. The first-order chi connectivity index (χ1) is 12.5. The first-order valence-electron chi connectivity index (χ1n) is 7.30. The number of anilines is 1. The van der Waals surface area contributed by atoms with E-state index in [1.54, 1.807) is 18.2 Å². The van der Waals surface area contributed by atoms with Crippen LogP contribution in [0.1, 0.15) is 9.67 Å². The number of nitrogens with zero attached hydrogens (tertiary/aromatic N) is 2. The Morgan fingerprint density at radius 1 is 1.08 bits per heavy atom. The van der Waals surface area contributed by atoms with Crippen molar-refractivity contribution >= 4 is 68.1 Å². The summed E-state index contributed by atoms with van der Waals surface area (Å²) in [5.74, 6) is -0.252. The van der Waals surface area contributed by atoms with Gasteiger partial charge < -0.3 is 4.42 Å². The normalized spacial score (nSPS) is 11.0. The van der Waals surface area contributed by atoms with Gasteiger partial charge in [-0.1, -0.05) is 58.1 Å². The van der Waals surface area contributed by atoms with Gasteiger partial charge in [0.05, 0.1) is 15.6 Å². The second-order valence-electron chi connectivity index (χ2n) is 5.23. The molecule has 2 aromatic carbocycles. The highest BCUT2D eigenvalue weighted by Gasteiger charge is 2.20. The van der Waals surface area contributed by atoms with Gasteiger partial charge >= 0.3 is 6.01 Å². The van der Waals surface area contributed by atoms with Gasteiger partial charge in [-0.3, -0.25) is 10.1 Å². The van der Waals surface area contributed by atoms with Gasteiger partial charge in [0.1, 0.15) is 4.88 Å². The van der Waals surface area contributed by atoms with Crippen LogP contribution in [0.5, 0.6) is 0 Å². The zero-order chi connectivity index (χ0) is 18.3. The van der Waals surface area contributed by atoms with Crippen LogP contribution in [-0.4, -0.2) is 16.1 Å². The Hall–Kier alpha value is -2.12. The molecule has 0 radical (unpaired) electrons. The maximum Gasteiger partial charge on any atom is 0.322 e. The number of thiophene rings is 1. The van der Waals surface area contributed by atoms with Crippen LogP contribution in [-0.2, 0) is 0 Å². The van der Waals surface area contributed by atoms with E-state index in [9.17, 15) is 4.79 Å². The predicted octanol–water partition coefficient (Wildman–Crippen LogP) is 6.16. The van der Waals surface area contributed by atoms with Crippen molar-refractivity contribution in [1.29, 1.82) is 0 Å². The van der Waals surface area contributed by atoms with Crippen LogP contribution >= 0.6 is 46.1 Å². The predicted molar refractivity (Wildman–Crippen MR) is 105 cm³/mol. The van der Waals surface area contributed by atoms with Gasteiger partial charge in [-0.15, -0.1) is 16.4 Å². The Morgan fingerprint density at radius 2 is 1.88 bits per heavy atom. The summed E-state index contributed by atoms with van der Waals surface area (Å²) in [6.07, 6.45) is 0. The summed E-state index contributed by atoms with van der Waals surface area (Å²) < 4.78 is 6.39. The number of amides is 1. The molecule has 0 spiro atoms. The van der Waals surface area contributed by atoms with Crippen molar-refractivity contribution in [1.82, 2.24) is 10.2 Å². The molecule has 130 valence electrons. The van der Waals surface area contributed by atoms with E-state index in [2.05, 4.69) is 15.5 Å². The summed E-state index contributed by atoms with van der Waals surface area (Å²) in [7, 11) is 0. The standard InChI is InChI=1S/C17H8Cl3N3O2S/c18-8-5-6-9(11(19)7-8)16-22-23-17(25-16)21-15(24)14-13(20)10-3-1-2-4-12(10)26-14/h1-7H,(H,21,23,24). The molecule has 2 heterocycles. The number of rotatable bonds is 3. The second kappa shape index (κ2) is 6.89. The van der Waals surface area contributed by atoms with E-state index < -0.39 is 5.91 Å². The molecule has 2 aromatic heterocycles. The zero-order valence-electron chi connectivity index (χ0n) is 12.8. The van der Waals surface area contributed by atoms with Gasteiger partial charge in [-0.05, 0) is 24.3 Å². The minimum Gasteiger partial charge on any atom is -0.403 e. The summed E-state index contributed by atoms with van der Waals surface area (Å²) in [5.41, 5.74) is 0.518. The maximum atomic E-state index is 12.5. The fourth-order valence-electron chi connectivity index (χ4n) is 2.36. The third-order valence-corrected chi connectivity index (χ3v) is 5.77. The lowest BCUT2D eigenvalue weighted by atomic mass is 10.2. The lowest BCUT2D eigenvalue weighted by Crippen LogP contribution is -2.10. The van der Waals surface area contributed by atoms with Gasteiger partial charge in [0.25, 0.3) is 11.8 Å². The first-order valence-corrected chi connectivity index (χ1v) is 9.25. The number of carbonyl (C=O) groups is 1. The molecule has 0 aliphatic carbocycles. The van der Waals surface area contributed by atoms with Crippen molar-refractivity contribution in [3.05, 3.63) is 62.4 Å². The molecule has 0 aliphatic heterocycles. The average molecular weight is 425 g/mol. The van der Waals surface area contributed by atoms with E-state index in [0.29, 0.717) is 25.5 Å². The Balaban J connectivity index is 1.60. The van der Waals surface area contributed by atoms with E-state index >= 15 is 0 Å². The lowest BCUT2D eigenvalue weighted by Gasteiger charge is -2.00. The van der Waals surface area contributed by atoms with Crippen molar-refractivity contribution in [2.24, 2.45) is 0 Å². The number of nitrogens with one attached hydrogen (secondary N) is 1. The van der Waals surface area contributed by atoms with Crippen LogP contribution in [0, 0.1) is 0 Å². The molecule has 0 saturated carbocycles. The Bertz CT molecular complexity index is 1140. The number of benzene rings is 2. The molecule has 4 rings (SSSR count). The van der Waals surface area contributed by atoms with Crippen molar-refractivity contribution in [3.63, 3.8) is 0 Å². The Labute approximate surface area is 166 Å². The third-order valence-electron chi connectivity index (χ3n) is 3.55. The highest BCUT2D eigenvalue weighted by atomic mass is 35.5. The maximum absolute atomic E-state index is 12.5. The van der Waals surface area contributed by atoms with E-state index in [-0.39, 0.29) is 11.9 Å². The van der Waals surface area contributed by atoms with Crippen LogP contribution in [0.3, 0.4) is 0 Å². The highest BCUT2D eigenvalue weighted by molar-refractivity contribution is 7.21. The number of aromatic nitrogens is 2. The van der Waals surface area contributed by atoms with E-state index in [0.717, 1.165) is 10.1 Å². The number of hydrogen-bond acceptors (Lipinski definition) is 5. The van der Waals surface area contributed by atoms with E-state index in [1.807, 2.05) is 24.3 Å². The van der Waals surface area contributed by atoms with E-state index in [4.69, 9.17) is 39.2 Å². The molecule has 4 aromatic rings. The quantitative estimate of drug-likeness (QED) is 0.427. The minimum atomic E-state index is -0.423. The summed E-state index contributed by atoms with van der Waals surface area (Å²) >= 11 is 19.6. The van der Waals surface area contributed by atoms with Gasteiger partial charge in [0.2, 0.25) is 0 Å². The van der Waals surface area contributed by atoms with Crippen molar-refractivity contribution in [3.8, 4) is 11.5 Å². The molecule has 1 N–H and O–H groups in total. The summed E-state index contributed by atoms with van der Waals surface area (Å²) in [6.45, 7) is 0. The number of hydrogen-bond donors (Lipinski definition) is 1. The number of fused-ring (bicyclic) bond motifs is 1. The monoisotopic (exact) mass is 423 g/mol. The highest BCUT2D eigenvalue weighted by Crippen LogP contribution is 2.36. The zero-order valence-corrected chi connectivity index (χ0v) is 15.9. The van der Waals surface area contributed by atoms with Gasteiger partial charge in [0, 0.05) is 15.1 Å². The van der Waals surface area contributed by atoms with Crippen molar-refractivity contribution in [2.75, 3.05) is 5.32 Å². The summed E-state index contributed by atoms with van der Waals surface area (Å²) in [5, 5.41) is 12.4.